The first-order chi connectivity index (χ1) is 0. The molecule has 0 saturated carbocycles. The molecule has 0 fully saturated rings. The van der Waals surface area contributed by atoms with Gasteiger partial charge in [0.25, 0.3) is 0 Å². The normalized spacial score (nSPS) is 0. The van der Waals surface area contributed by atoms with Crippen molar-refractivity contribution in [3.8, 4) is 0 Å². The van der Waals surface area contributed by atoms with Gasteiger partial charge in [0, 0.05) is 17.1 Å². The molecular formula is H8AsFePS. The first-order valence-electron chi connectivity index (χ1n) is 0. The SMILES string of the molecule is P.S.[AsH3].[Fe]. The molecule has 32 valence electrons. The van der Waals surface area contributed by atoms with Crippen molar-refractivity contribution in [1.82, 2.24) is 0 Å². The van der Waals surface area contributed by atoms with E-state index in [1.807, 2.05) is 0 Å². The van der Waals surface area contributed by atoms with Crippen molar-refractivity contribution in [2.45, 2.75) is 0 Å². The van der Waals surface area contributed by atoms with Gasteiger partial charge in [0.2, 0.25) is 0 Å². The zero-order valence-corrected chi connectivity index (χ0v) is 8.75. The Kier molecular flexibility index (Phi) is 210. The van der Waals surface area contributed by atoms with Crippen LogP contribution in [0.1, 0.15) is 0 Å². The summed E-state index contributed by atoms with van der Waals surface area (Å²) in [7, 11) is 0. The van der Waals surface area contributed by atoms with Crippen molar-refractivity contribution in [1.29, 1.82) is 0 Å². The van der Waals surface area contributed by atoms with E-state index in [0.29, 0.717) is 0 Å². The molecule has 0 nitrogen and oxygen atoms in total. The predicted molar refractivity (Wildman–Crippen MR) is 31.4 cm³/mol. The van der Waals surface area contributed by atoms with Gasteiger partial charge < -0.3 is 0 Å². The van der Waals surface area contributed by atoms with E-state index >= 15 is 0 Å². The third-order valence-corrected chi connectivity index (χ3v) is 0. The van der Waals surface area contributed by atoms with Crippen molar-refractivity contribution in [2.24, 2.45) is 0 Å². The Morgan fingerprint density at radius 2 is 1.00 bits per heavy atom. The molecule has 2 unspecified atom stereocenters. The molecule has 0 aliphatic heterocycles. The maximum Gasteiger partial charge on any atom is 0 e. The second-order valence-electron chi connectivity index (χ2n) is 0. The topological polar surface area (TPSA) is 0 Å². The quantitative estimate of drug-likeness (QED) is 0.348. The van der Waals surface area contributed by atoms with Crippen LogP contribution >= 0.6 is 23.4 Å². The van der Waals surface area contributed by atoms with Gasteiger partial charge in [0.15, 0.2) is 0 Å². The fourth-order valence-electron chi connectivity index (χ4n) is 0. The number of hydrogen-bond donors (Lipinski definition) is 0. The van der Waals surface area contributed by atoms with Crippen LogP contribution in [-0.2, 0) is 17.1 Å². The molecule has 0 aromatic carbocycles. The van der Waals surface area contributed by atoms with Gasteiger partial charge in [-0.2, -0.15) is 23.4 Å². The largest absolute Gasteiger partial charge is 0 e. The molecule has 0 spiro atoms. The van der Waals surface area contributed by atoms with Crippen LogP contribution in [0.2, 0.25) is 0 Å². The maximum absolute atomic E-state index is 0. The van der Waals surface area contributed by atoms with E-state index in [2.05, 4.69) is 0 Å². The molecule has 0 aromatic heterocycles. The van der Waals surface area contributed by atoms with Crippen molar-refractivity contribution in [3.63, 3.8) is 0 Å². The standard InChI is InChI=1S/AsH3.Fe.H3P.H2S/h1H3;;1H3;1H2. The minimum atomic E-state index is 0. The van der Waals surface area contributed by atoms with E-state index in [4.69, 9.17) is 0 Å². The molecule has 0 amide bonds. The van der Waals surface area contributed by atoms with Crippen LogP contribution in [-0.4, -0.2) is 18.0 Å². The van der Waals surface area contributed by atoms with E-state index in [0.717, 1.165) is 0 Å². The summed E-state index contributed by atoms with van der Waals surface area (Å²) in [5.74, 6) is 0. The van der Waals surface area contributed by atoms with Crippen LogP contribution in [0, 0.1) is 0 Å². The second kappa shape index (κ2) is 20.9. The fraction of sp³-hybridized carbons (Fsp3) is 0. The van der Waals surface area contributed by atoms with Crippen LogP contribution in [0.25, 0.3) is 0 Å². The Morgan fingerprint density at radius 3 is 1.00 bits per heavy atom. The van der Waals surface area contributed by atoms with Crippen molar-refractivity contribution in [2.75, 3.05) is 0 Å². The Morgan fingerprint density at radius 1 is 1.00 bits per heavy atom. The van der Waals surface area contributed by atoms with Crippen LogP contribution < -0.4 is 0 Å². The molecule has 4 heteroatoms. The molecule has 0 heterocycles. The van der Waals surface area contributed by atoms with E-state index in [-0.39, 0.29) is 58.4 Å². The fourth-order valence-corrected chi connectivity index (χ4v) is 0. The molecule has 0 bridgehead atoms. The summed E-state index contributed by atoms with van der Waals surface area (Å²) in [6, 6.07) is 0. The molecule has 0 rings (SSSR count). The molecule has 0 N–H and O–H groups in total. The number of hydrogen-bond acceptors (Lipinski definition) is 0. The molecule has 0 aliphatic rings. The third-order valence-electron chi connectivity index (χ3n) is 0. The van der Waals surface area contributed by atoms with Crippen LogP contribution in [0.3, 0.4) is 0 Å². The van der Waals surface area contributed by atoms with Gasteiger partial charge in [-0.05, 0) is 0 Å². The molecule has 4 heavy (non-hydrogen) atoms. The van der Waals surface area contributed by atoms with Gasteiger partial charge in [-0.3, -0.25) is 0 Å². The molecule has 0 radical (unpaired) electrons. The first kappa shape index (κ1) is 40.0. The Balaban J connectivity index is 0. The van der Waals surface area contributed by atoms with Gasteiger partial charge in [0.05, 0.1) is 0 Å². The van der Waals surface area contributed by atoms with E-state index in [9.17, 15) is 0 Å². The number of rotatable bonds is 0. The van der Waals surface area contributed by atoms with Gasteiger partial charge in [0.1, 0.15) is 0 Å². The Labute approximate surface area is 58.3 Å². The Bertz CT molecular complexity index is 8.00. The van der Waals surface area contributed by atoms with E-state index in [1.165, 1.54) is 0 Å². The zero-order chi connectivity index (χ0) is 0. The molecule has 0 aliphatic carbocycles. The smallest absolute Gasteiger partial charge is 0 e. The maximum atomic E-state index is 0. The summed E-state index contributed by atoms with van der Waals surface area (Å²) >= 11 is 0. The summed E-state index contributed by atoms with van der Waals surface area (Å²) in [6.45, 7) is 0. The summed E-state index contributed by atoms with van der Waals surface area (Å²) in [4.78, 5) is 0. The third kappa shape index (κ3) is 9.13. The van der Waals surface area contributed by atoms with Crippen molar-refractivity contribution >= 4 is 41.3 Å². The van der Waals surface area contributed by atoms with E-state index in [1.54, 1.807) is 0 Å². The Hall–Kier alpha value is 1.86. The van der Waals surface area contributed by atoms with Crippen molar-refractivity contribution < 1.29 is 17.1 Å². The monoisotopic (exact) mass is 202 g/mol. The van der Waals surface area contributed by atoms with E-state index < -0.39 is 0 Å². The van der Waals surface area contributed by atoms with Crippen LogP contribution in [0.15, 0.2) is 0 Å². The summed E-state index contributed by atoms with van der Waals surface area (Å²) in [6.07, 6.45) is 0. The summed E-state index contributed by atoms with van der Waals surface area (Å²) in [5, 5.41) is 0. The van der Waals surface area contributed by atoms with Gasteiger partial charge in [-0.15, -0.1) is 0 Å². The average Bonchev–Trinajstić information content (AvgIpc) is 0. The molecule has 2 atom stereocenters. The average molecular weight is 202 g/mol. The van der Waals surface area contributed by atoms with Crippen LogP contribution in [0.4, 0.5) is 0 Å². The van der Waals surface area contributed by atoms with Gasteiger partial charge >= 0.3 is 18.0 Å². The van der Waals surface area contributed by atoms with Gasteiger partial charge in [-0.1, -0.05) is 0 Å². The molecule has 0 aromatic rings. The summed E-state index contributed by atoms with van der Waals surface area (Å²) < 4.78 is 0. The van der Waals surface area contributed by atoms with Gasteiger partial charge in [-0.25, -0.2) is 0 Å². The minimum Gasteiger partial charge on any atom is 0 e. The predicted octanol–water partition coefficient (Wildman–Crippen LogP) is -1.02. The van der Waals surface area contributed by atoms with Crippen LogP contribution in [0.5, 0.6) is 0 Å². The zero-order valence-electron chi connectivity index (χ0n) is 2.27. The minimum absolute atomic E-state index is 0. The molecular weight excluding hydrogens is 194 g/mol. The second-order valence-corrected chi connectivity index (χ2v) is 0. The van der Waals surface area contributed by atoms with Crippen molar-refractivity contribution in [3.05, 3.63) is 0 Å². The molecule has 0 saturated heterocycles. The first-order valence-corrected chi connectivity index (χ1v) is 0. The summed E-state index contributed by atoms with van der Waals surface area (Å²) in [5.41, 5.74) is 0.